The standard InChI is InChI=1S/C25H15F2N3O3S/c1-14(31)30(22-9-8-18(26)11-20(22)27)25-28-19(13-34-25)12-21-24(32)33-23(29-21)17-7-6-15-4-2-3-5-16(15)10-17/h2-13H,1H3/b21-12-. The van der Waals surface area contributed by atoms with Crippen molar-refractivity contribution in [3.8, 4) is 0 Å². The second kappa shape index (κ2) is 8.60. The van der Waals surface area contributed by atoms with E-state index in [1.54, 1.807) is 5.38 Å². The summed E-state index contributed by atoms with van der Waals surface area (Å²) < 4.78 is 32.9. The Labute approximate surface area is 196 Å². The second-order valence-corrected chi connectivity index (χ2v) is 8.24. The first-order chi connectivity index (χ1) is 16.4. The van der Waals surface area contributed by atoms with E-state index in [1.807, 2.05) is 42.5 Å². The zero-order valence-corrected chi connectivity index (χ0v) is 18.5. The number of carbonyl (C=O) groups excluding carboxylic acids is 2. The summed E-state index contributed by atoms with van der Waals surface area (Å²) in [4.78, 5) is 34.3. The predicted octanol–water partition coefficient (Wildman–Crippen LogP) is 5.60. The highest BCUT2D eigenvalue weighted by Crippen LogP contribution is 2.32. The molecule has 34 heavy (non-hydrogen) atoms. The number of rotatable bonds is 4. The fourth-order valence-electron chi connectivity index (χ4n) is 3.51. The SMILES string of the molecule is CC(=O)N(c1nc(/C=C2\N=C(c3ccc4ccccc4c3)OC2=O)cs1)c1ccc(F)cc1F. The van der Waals surface area contributed by atoms with E-state index in [4.69, 9.17) is 4.74 Å². The molecule has 4 aromatic rings. The van der Waals surface area contributed by atoms with Gasteiger partial charge in [-0.1, -0.05) is 30.3 Å². The van der Waals surface area contributed by atoms with Crippen molar-refractivity contribution in [3.63, 3.8) is 0 Å². The van der Waals surface area contributed by atoms with Crippen LogP contribution in [0.5, 0.6) is 0 Å². The number of fused-ring (bicyclic) bond motifs is 1. The Bertz CT molecular complexity index is 1530. The lowest BCUT2D eigenvalue weighted by Crippen LogP contribution is -2.23. The number of aromatic nitrogens is 1. The summed E-state index contributed by atoms with van der Waals surface area (Å²) in [5.74, 6) is -2.61. The molecule has 0 spiro atoms. The van der Waals surface area contributed by atoms with Crippen LogP contribution >= 0.6 is 11.3 Å². The number of carbonyl (C=O) groups is 2. The highest BCUT2D eigenvalue weighted by atomic mass is 32.1. The van der Waals surface area contributed by atoms with Crippen molar-refractivity contribution in [2.24, 2.45) is 4.99 Å². The average molecular weight is 475 g/mol. The maximum absolute atomic E-state index is 14.3. The van der Waals surface area contributed by atoms with E-state index >= 15 is 0 Å². The van der Waals surface area contributed by atoms with E-state index in [1.165, 1.54) is 19.1 Å². The molecule has 3 aromatic carbocycles. The Morgan fingerprint density at radius 3 is 2.62 bits per heavy atom. The highest BCUT2D eigenvalue weighted by Gasteiger charge is 2.26. The van der Waals surface area contributed by atoms with Crippen molar-refractivity contribution in [1.82, 2.24) is 4.98 Å². The number of hydrogen-bond acceptors (Lipinski definition) is 6. The molecule has 9 heteroatoms. The molecule has 0 N–H and O–H groups in total. The van der Waals surface area contributed by atoms with E-state index in [2.05, 4.69) is 9.98 Å². The third-order valence-electron chi connectivity index (χ3n) is 5.07. The molecule has 0 saturated carbocycles. The Morgan fingerprint density at radius 2 is 1.85 bits per heavy atom. The summed E-state index contributed by atoms with van der Waals surface area (Å²) in [6, 6.07) is 16.3. The Balaban J connectivity index is 1.45. The van der Waals surface area contributed by atoms with Gasteiger partial charge in [-0.2, -0.15) is 0 Å². The van der Waals surface area contributed by atoms with Gasteiger partial charge in [0.05, 0.1) is 11.4 Å². The molecule has 0 fully saturated rings. The summed E-state index contributed by atoms with van der Waals surface area (Å²) in [7, 11) is 0. The molecule has 1 aromatic heterocycles. The van der Waals surface area contributed by atoms with Gasteiger partial charge in [-0.05, 0) is 41.1 Å². The smallest absolute Gasteiger partial charge is 0.363 e. The fourth-order valence-corrected chi connectivity index (χ4v) is 4.35. The third-order valence-corrected chi connectivity index (χ3v) is 5.91. The monoisotopic (exact) mass is 475 g/mol. The van der Waals surface area contributed by atoms with Gasteiger partial charge in [0.25, 0.3) is 0 Å². The molecule has 6 nitrogen and oxygen atoms in total. The van der Waals surface area contributed by atoms with Crippen molar-refractivity contribution in [2.75, 3.05) is 4.90 Å². The fraction of sp³-hybridized carbons (Fsp3) is 0.0400. The van der Waals surface area contributed by atoms with Crippen LogP contribution in [0.2, 0.25) is 0 Å². The number of cyclic esters (lactones) is 1. The number of amides is 1. The third kappa shape index (κ3) is 4.08. The number of anilines is 2. The van der Waals surface area contributed by atoms with Crippen LogP contribution in [-0.4, -0.2) is 22.8 Å². The van der Waals surface area contributed by atoms with Crippen molar-refractivity contribution in [2.45, 2.75) is 6.92 Å². The van der Waals surface area contributed by atoms with Gasteiger partial charge in [0.2, 0.25) is 11.8 Å². The molecule has 0 unspecified atom stereocenters. The summed E-state index contributed by atoms with van der Waals surface area (Å²) >= 11 is 1.07. The van der Waals surface area contributed by atoms with Crippen LogP contribution in [0.1, 0.15) is 18.2 Å². The quantitative estimate of drug-likeness (QED) is 0.284. The number of benzene rings is 3. The first-order valence-electron chi connectivity index (χ1n) is 10.1. The van der Waals surface area contributed by atoms with E-state index < -0.39 is 23.5 Å². The van der Waals surface area contributed by atoms with Crippen LogP contribution in [0.25, 0.3) is 16.8 Å². The Kier molecular flexibility index (Phi) is 5.46. The molecule has 1 aliphatic rings. The van der Waals surface area contributed by atoms with Crippen molar-refractivity contribution in [3.05, 3.63) is 94.6 Å². The number of thiazole rings is 1. The Hall–Kier alpha value is -4.24. The lowest BCUT2D eigenvalue weighted by atomic mass is 10.1. The van der Waals surface area contributed by atoms with Crippen LogP contribution < -0.4 is 4.90 Å². The minimum Gasteiger partial charge on any atom is -0.402 e. The van der Waals surface area contributed by atoms with Crippen LogP contribution in [0.4, 0.5) is 19.6 Å². The summed E-state index contributed by atoms with van der Waals surface area (Å²) in [5, 5.41) is 3.79. The lowest BCUT2D eigenvalue weighted by molar-refractivity contribution is -0.130. The topological polar surface area (TPSA) is 71.9 Å². The minimum atomic E-state index is -0.894. The number of nitrogens with zero attached hydrogens (tertiary/aromatic N) is 3. The first kappa shape index (κ1) is 21.6. The molecule has 0 aliphatic carbocycles. The molecule has 168 valence electrons. The molecule has 0 saturated heterocycles. The Morgan fingerprint density at radius 1 is 1.06 bits per heavy atom. The molecule has 0 atom stereocenters. The van der Waals surface area contributed by atoms with Gasteiger partial charge < -0.3 is 4.74 Å². The summed E-state index contributed by atoms with van der Waals surface area (Å²) in [6.45, 7) is 1.25. The second-order valence-electron chi connectivity index (χ2n) is 7.40. The number of hydrogen-bond donors (Lipinski definition) is 0. The largest absolute Gasteiger partial charge is 0.402 e. The predicted molar refractivity (Wildman–Crippen MR) is 126 cm³/mol. The van der Waals surface area contributed by atoms with Gasteiger partial charge in [-0.3, -0.25) is 9.69 Å². The van der Waals surface area contributed by atoms with Gasteiger partial charge in [-0.15, -0.1) is 11.3 Å². The number of esters is 1. The van der Waals surface area contributed by atoms with Crippen molar-refractivity contribution < 1.29 is 23.1 Å². The average Bonchev–Trinajstić information content (AvgIpc) is 3.42. The van der Waals surface area contributed by atoms with E-state index in [0.717, 1.165) is 33.1 Å². The van der Waals surface area contributed by atoms with Gasteiger partial charge in [0, 0.05) is 23.9 Å². The summed E-state index contributed by atoms with van der Waals surface area (Å²) in [6.07, 6.45) is 1.43. The van der Waals surface area contributed by atoms with Gasteiger partial charge >= 0.3 is 5.97 Å². The maximum atomic E-state index is 14.3. The molecule has 0 bridgehead atoms. The van der Waals surface area contributed by atoms with E-state index in [-0.39, 0.29) is 22.4 Å². The zero-order valence-electron chi connectivity index (χ0n) is 17.7. The molecular weight excluding hydrogens is 460 g/mol. The molecule has 1 amide bonds. The van der Waals surface area contributed by atoms with E-state index in [0.29, 0.717) is 17.3 Å². The van der Waals surface area contributed by atoms with E-state index in [9.17, 15) is 18.4 Å². The molecule has 5 rings (SSSR count). The highest BCUT2D eigenvalue weighted by molar-refractivity contribution is 7.14. The summed E-state index contributed by atoms with van der Waals surface area (Å²) in [5.41, 5.74) is 0.912. The van der Waals surface area contributed by atoms with Crippen LogP contribution in [0.15, 0.2) is 76.7 Å². The zero-order chi connectivity index (χ0) is 23.8. The molecule has 1 aliphatic heterocycles. The van der Waals surface area contributed by atoms with Crippen LogP contribution in [0, 0.1) is 11.6 Å². The van der Waals surface area contributed by atoms with Gasteiger partial charge in [0.15, 0.2) is 10.8 Å². The van der Waals surface area contributed by atoms with Crippen molar-refractivity contribution in [1.29, 1.82) is 0 Å². The molecular formula is C25H15F2N3O3S. The lowest BCUT2D eigenvalue weighted by Gasteiger charge is -2.18. The molecule has 0 radical (unpaired) electrons. The van der Waals surface area contributed by atoms with Gasteiger partial charge in [0.1, 0.15) is 11.6 Å². The minimum absolute atomic E-state index is 0.0438. The number of ether oxygens (including phenoxy) is 1. The van der Waals surface area contributed by atoms with Gasteiger partial charge in [-0.25, -0.2) is 23.6 Å². The number of halogens is 2. The van der Waals surface area contributed by atoms with Crippen LogP contribution in [0.3, 0.4) is 0 Å². The maximum Gasteiger partial charge on any atom is 0.363 e. The van der Waals surface area contributed by atoms with Crippen molar-refractivity contribution >= 4 is 56.8 Å². The molecule has 2 heterocycles. The number of aliphatic imine (C=N–C) groups is 1. The normalized spacial score (nSPS) is 14.4. The van der Waals surface area contributed by atoms with Crippen LogP contribution in [-0.2, 0) is 14.3 Å². The first-order valence-corrected chi connectivity index (χ1v) is 11.0.